The molecule has 0 spiro atoms. The van der Waals surface area contributed by atoms with Crippen molar-refractivity contribution in [1.29, 1.82) is 0 Å². The average molecular weight is 217 g/mol. The van der Waals surface area contributed by atoms with Crippen LogP contribution >= 0.6 is 11.8 Å². The van der Waals surface area contributed by atoms with Gasteiger partial charge in [0, 0.05) is 5.56 Å². The zero-order valence-corrected chi connectivity index (χ0v) is 9.24. The Balaban J connectivity index is 2.33. The molecule has 76 valence electrons. The monoisotopic (exact) mass is 217 g/mol. The van der Waals surface area contributed by atoms with Crippen LogP contribution < -0.4 is 0 Å². The summed E-state index contributed by atoms with van der Waals surface area (Å²) in [5.41, 5.74) is 1.95. The molecule has 0 radical (unpaired) electrons. The number of nitrogens with zero attached hydrogens (tertiary/aromatic N) is 3. The molecule has 0 saturated carbocycles. The first-order valence-corrected chi connectivity index (χ1v) is 5.76. The predicted molar refractivity (Wildman–Crippen MR) is 61.7 cm³/mol. The van der Waals surface area contributed by atoms with E-state index < -0.39 is 0 Å². The van der Waals surface area contributed by atoms with E-state index in [1.807, 2.05) is 30.3 Å². The number of rotatable bonds is 3. The van der Waals surface area contributed by atoms with E-state index >= 15 is 0 Å². The summed E-state index contributed by atoms with van der Waals surface area (Å²) in [5, 5.41) is 8.64. The van der Waals surface area contributed by atoms with Gasteiger partial charge in [0.05, 0.1) is 11.9 Å². The summed E-state index contributed by atoms with van der Waals surface area (Å²) >= 11 is 1.60. The number of hydrogen-bond donors (Lipinski definition) is 0. The lowest BCUT2D eigenvalue weighted by Gasteiger charge is -2.00. The molecule has 2 rings (SSSR count). The topological polar surface area (TPSA) is 38.7 Å². The number of aromatic nitrogens is 3. The van der Waals surface area contributed by atoms with E-state index in [-0.39, 0.29) is 0 Å². The zero-order valence-electron chi connectivity index (χ0n) is 8.42. The summed E-state index contributed by atoms with van der Waals surface area (Å²) in [4.78, 5) is 4.42. The highest BCUT2D eigenvalue weighted by Crippen LogP contribution is 2.18. The number of hydrogen-bond acceptors (Lipinski definition) is 4. The van der Waals surface area contributed by atoms with Crippen LogP contribution in [-0.2, 0) is 0 Å². The molecule has 1 heterocycles. The summed E-state index contributed by atoms with van der Waals surface area (Å²) in [6.45, 7) is 2.07. The normalized spacial score (nSPS) is 10.2. The summed E-state index contributed by atoms with van der Waals surface area (Å²) in [6, 6.07) is 10.0. The third-order valence-corrected chi connectivity index (χ3v) is 2.60. The Hall–Kier alpha value is -1.42. The molecule has 0 saturated heterocycles. The molecule has 4 heteroatoms. The van der Waals surface area contributed by atoms with Gasteiger partial charge in [-0.1, -0.05) is 49.0 Å². The lowest BCUT2D eigenvalue weighted by atomic mass is 10.2. The van der Waals surface area contributed by atoms with Gasteiger partial charge in [-0.15, -0.1) is 5.10 Å². The van der Waals surface area contributed by atoms with Gasteiger partial charge in [-0.3, -0.25) is 0 Å². The first kappa shape index (κ1) is 10.1. The Morgan fingerprint density at radius 1 is 1.20 bits per heavy atom. The molecule has 3 nitrogen and oxygen atoms in total. The van der Waals surface area contributed by atoms with E-state index in [1.54, 1.807) is 18.0 Å². The molecular formula is C11H11N3S. The van der Waals surface area contributed by atoms with Gasteiger partial charge in [0.25, 0.3) is 0 Å². The molecule has 2 aromatic rings. The molecule has 0 aliphatic rings. The van der Waals surface area contributed by atoms with E-state index in [1.165, 1.54) is 0 Å². The van der Waals surface area contributed by atoms with Crippen molar-refractivity contribution in [3.8, 4) is 11.3 Å². The Kier molecular flexibility index (Phi) is 3.29. The van der Waals surface area contributed by atoms with Crippen LogP contribution in [0.3, 0.4) is 0 Å². The second kappa shape index (κ2) is 4.89. The smallest absolute Gasteiger partial charge is 0.209 e. The summed E-state index contributed by atoms with van der Waals surface area (Å²) in [6.07, 6.45) is 1.69. The minimum Gasteiger partial charge on any atom is -0.219 e. The molecule has 1 aromatic carbocycles. The van der Waals surface area contributed by atoms with Crippen molar-refractivity contribution in [2.75, 3.05) is 5.75 Å². The van der Waals surface area contributed by atoms with E-state index in [0.717, 1.165) is 22.2 Å². The standard InChI is InChI=1S/C11H11N3S/c1-2-15-11-13-10(8-12-14-11)9-6-4-3-5-7-9/h3-8H,2H2,1H3. The van der Waals surface area contributed by atoms with Crippen molar-refractivity contribution in [2.45, 2.75) is 12.1 Å². The summed E-state index contributed by atoms with van der Waals surface area (Å²) in [7, 11) is 0. The molecule has 0 N–H and O–H groups in total. The van der Waals surface area contributed by atoms with Crippen LogP contribution in [0.5, 0.6) is 0 Å². The third-order valence-electron chi connectivity index (χ3n) is 1.88. The van der Waals surface area contributed by atoms with Crippen molar-refractivity contribution in [3.05, 3.63) is 36.5 Å². The molecule has 0 fully saturated rings. The van der Waals surface area contributed by atoms with Crippen molar-refractivity contribution in [2.24, 2.45) is 0 Å². The van der Waals surface area contributed by atoms with Crippen LogP contribution in [0.4, 0.5) is 0 Å². The van der Waals surface area contributed by atoms with E-state index in [9.17, 15) is 0 Å². The molecule has 0 aliphatic carbocycles. The highest BCUT2D eigenvalue weighted by atomic mass is 32.2. The quantitative estimate of drug-likeness (QED) is 0.741. The number of thioether (sulfide) groups is 1. The second-order valence-electron chi connectivity index (χ2n) is 2.92. The van der Waals surface area contributed by atoms with Crippen LogP contribution in [0.25, 0.3) is 11.3 Å². The van der Waals surface area contributed by atoms with Gasteiger partial charge in [0.1, 0.15) is 0 Å². The van der Waals surface area contributed by atoms with Gasteiger partial charge in [-0.2, -0.15) is 5.10 Å². The average Bonchev–Trinajstić information content (AvgIpc) is 2.31. The maximum Gasteiger partial charge on any atom is 0.209 e. The van der Waals surface area contributed by atoms with Crippen LogP contribution in [0.2, 0.25) is 0 Å². The van der Waals surface area contributed by atoms with Gasteiger partial charge in [0.15, 0.2) is 0 Å². The molecule has 1 aromatic heterocycles. The Bertz CT molecular complexity index is 431. The van der Waals surface area contributed by atoms with Gasteiger partial charge >= 0.3 is 0 Å². The summed E-state index contributed by atoms with van der Waals surface area (Å²) in [5.74, 6) is 0.958. The number of benzene rings is 1. The Morgan fingerprint density at radius 3 is 2.73 bits per heavy atom. The summed E-state index contributed by atoms with van der Waals surface area (Å²) < 4.78 is 0. The molecule has 0 atom stereocenters. The van der Waals surface area contributed by atoms with Crippen LogP contribution in [-0.4, -0.2) is 20.9 Å². The fraction of sp³-hybridized carbons (Fsp3) is 0.182. The van der Waals surface area contributed by atoms with Gasteiger partial charge in [0.2, 0.25) is 5.16 Å². The first-order valence-electron chi connectivity index (χ1n) is 4.78. The van der Waals surface area contributed by atoms with Crippen molar-refractivity contribution in [3.63, 3.8) is 0 Å². The minimum absolute atomic E-state index is 0.735. The zero-order chi connectivity index (χ0) is 10.5. The lowest BCUT2D eigenvalue weighted by molar-refractivity contribution is 0.844. The lowest BCUT2D eigenvalue weighted by Crippen LogP contribution is -1.93. The highest BCUT2D eigenvalue weighted by Gasteiger charge is 2.01. The van der Waals surface area contributed by atoms with E-state index in [4.69, 9.17) is 0 Å². The first-order chi connectivity index (χ1) is 7.40. The highest BCUT2D eigenvalue weighted by molar-refractivity contribution is 7.99. The van der Waals surface area contributed by atoms with Crippen LogP contribution in [0.1, 0.15) is 6.92 Å². The molecule has 15 heavy (non-hydrogen) atoms. The van der Waals surface area contributed by atoms with Crippen molar-refractivity contribution >= 4 is 11.8 Å². The largest absolute Gasteiger partial charge is 0.219 e. The van der Waals surface area contributed by atoms with Crippen LogP contribution in [0, 0.1) is 0 Å². The van der Waals surface area contributed by atoms with Gasteiger partial charge in [-0.25, -0.2) is 4.98 Å². The third kappa shape index (κ3) is 2.53. The van der Waals surface area contributed by atoms with Crippen LogP contribution in [0.15, 0.2) is 41.7 Å². The SMILES string of the molecule is CCSc1nncc(-c2ccccc2)n1. The molecule has 0 unspecified atom stereocenters. The maximum absolute atomic E-state index is 4.42. The fourth-order valence-electron chi connectivity index (χ4n) is 1.23. The van der Waals surface area contributed by atoms with Gasteiger partial charge in [-0.05, 0) is 5.75 Å². The molecule has 0 bridgehead atoms. The second-order valence-corrected chi connectivity index (χ2v) is 4.15. The fourth-order valence-corrected chi connectivity index (χ4v) is 1.75. The van der Waals surface area contributed by atoms with Crippen molar-refractivity contribution in [1.82, 2.24) is 15.2 Å². The van der Waals surface area contributed by atoms with E-state index in [2.05, 4.69) is 22.1 Å². The minimum atomic E-state index is 0.735. The van der Waals surface area contributed by atoms with Gasteiger partial charge < -0.3 is 0 Å². The predicted octanol–water partition coefficient (Wildman–Crippen LogP) is 2.65. The molecular weight excluding hydrogens is 206 g/mol. The Morgan fingerprint density at radius 2 is 2.00 bits per heavy atom. The molecule has 0 aliphatic heterocycles. The Labute approximate surface area is 93.0 Å². The molecule has 0 amide bonds. The maximum atomic E-state index is 4.42. The van der Waals surface area contributed by atoms with E-state index in [0.29, 0.717) is 0 Å². The van der Waals surface area contributed by atoms with Crippen molar-refractivity contribution < 1.29 is 0 Å².